The molecule has 1 fully saturated rings. The molecule has 2 aromatic heterocycles. The first-order chi connectivity index (χ1) is 14.2. The van der Waals surface area contributed by atoms with E-state index in [0.717, 1.165) is 6.33 Å². The van der Waals surface area contributed by atoms with Gasteiger partial charge in [0, 0.05) is 17.4 Å². The van der Waals surface area contributed by atoms with Crippen LogP contribution < -0.4 is 5.73 Å². The summed E-state index contributed by atoms with van der Waals surface area (Å²) in [7, 11) is -16.7. The van der Waals surface area contributed by atoms with E-state index in [0.29, 0.717) is 0 Å². The number of hydrogen-bond donors (Lipinski definition) is 7. The number of nitrogen functional groups attached to an aromatic ring is 1. The Balaban J connectivity index is 0.00000363. The number of imidazole rings is 1. The van der Waals surface area contributed by atoms with Gasteiger partial charge in [0.2, 0.25) is 0 Å². The largest absolute Gasteiger partial charge is 0.490 e. The van der Waals surface area contributed by atoms with Crippen LogP contribution in [0.4, 0.5) is 5.82 Å². The Bertz CT molecular complexity index is 1110. The summed E-state index contributed by atoms with van der Waals surface area (Å²) < 4.78 is 51.9. The molecule has 0 saturated carbocycles. The molecule has 1 aliphatic rings. The number of rotatable bonds is 8. The normalized spacial score (nSPS) is 27.6. The Kier molecular flexibility index (Phi) is 8.40. The van der Waals surface area contributed by atoms with Gasteiger partial charge < -0.3 is 40.3 Å². The Morgan fingerprint density at radius 2 is 1.69 bits per heavy atom. The predicted molar refractivity (Wildman–Crippen MR) is 95.5 cm³/mol. The van der Waals surface area contributed by atoms with Gasteiger partial charge in [0.1, 0.15) is 30.2 Å². The third-order valence-electron chi connectivity index (χ3n) is 3.82. The molecule has 0 amide bonds. The molecule has 3 heterocycles. The molecule has 6 atom stereocenters. The van der Waals surface area contributed by atoms with Gasteiger partial charge >= 0.3 is 23.5 Å². The van der Waals surface area contributed by atoms with Crippen LogP contribution in [0, 0.1) is 0 Å². The van der Waals surface area contributed by atoms with Gasteiger partial charge in [-0.25, -0.2) is 28.6 Å². The fraction of sp³-hybridized carbons (Fsp3) is 0.500. The molecule has 18 nitrogen and oxygen atoms in total. The molecule has 180 valence electrons. The van der Waals surface area contributed by atoms with Gasteiger partial charge in [-0.3, -0.25) is 9.09 Å². The summed E-state index contributed by atoms with van der Waals surface area (Å²) in [5.41, 5.74) is 6.00. The minimum atomic E-state index is -5.70. The van der Waals surface area contributed by atoms with E-state index in [4.69, 9.17) is 25.2 Å². The molecular weight excluding hydrogens is 543 g/mol. The van der Waals surface area contributed by atoms with E-state index in [1.165, 1.54) is 10.9 Å². The van der Waals surface area contributed by atoms with Gasteiger partial charge in [-0.2, -0.15) is 8.62 Å². The topological polar surface area (TPSA) is 279 Å². The van der Waals surface area contributed by atoms with Gasteiger partial charge in [0.15, 0.2) is 17.7 Å². The maximum atomic E-state index is 11.8. The minimum absolute atomic E-state index is 0. The molecule has 0 radical (unpaired) electrons. The van der Waals surface area contributed by atoms with Crippen molar-refractivity contribution < 1.29 is 78.7 Å². The smallest absolute Gasteiger partial charge is 0.387 e. The van der Waals surface area contributed by atoms with Crippen LogP contribution in [-0.4, -0.2) is 74.2 Å². The number of ether oxygens (including phenoxy) is 1. The van der Waals surface area contributed by atoms with Crippen LogP contribution in [-0.2, 0) is 48.9 Å². The first-order valence-corrected chi connectivity index (χ1v) is 12.4. The molecule has 1 saturated heterocycles. The van der Waals surface area contributed by atoms with Crippen molar-refractivity contribution in [3.05, 3.63) is 12.7 Å². The van der Waals surface area contributed by atoms with Crippen molar-refractivity contribution in [3.8, 4) is 0 Å². The summed E-state index contributed by atoms with van der Waals surface area (Å²) in [4.78, 5) is 47.2. The Morgan fingerprint density at radius 1 is 1.03 bits per heavy atom. The fourth-order valence-corrected chi connectivity index (χ4v) is 5.65. The van der Waals surface area contributed by atoms with Crippen molar-refractivity contribution >= 4 is 40.4 Å². The predicted octanol–water partition coefficient (Wildman–Crippen LogP) is -1.63. The number of nitrogens with two attached hydrogens (primary N) is 1. The zero-order valence-corrected chi connectivity index (χ0v) is 19.3. The van der Waals surface area contributed by atoms with Crippen molar-refractivity contribution in [2.75, 3.05) is 12.3 Å². The van der Waals surface area contributed by atoms with Gasteiger partial charge in [-0.05, 0) is 0 Å². The molecule has 0 aliphatic carbocycles. The summed E-state index contributed by atoms with van der Waals surface area (Å²) >= 11 is 0. The first kappa shape index (κ1) is 27.4. The van der Waals surface area contributed by atoms with Crippen molar-refractivity contribution in [3.63, 3.8) is 0 Å². The second kappa shape index (κ2) is 9.81. The van der Waals surface area contributed by atoms with Gasteiger partial charge in [-0.1, -0.05) is 0 Å². The van der Waals surface area contributed by atoms with Crippen molar-refractivity contribution in [2.24, 2.45) is 0 Å². The fourth-order valence-electron chi connectivity index (χ4n) is 2.62. The average Bonchev–Trinajstić information content (AvgIpc) is 3.13. The monoisotopic (exact) mass is 559 g/mol. The quantitative estimate of drug-likeness (QED) is 0.179. The maximum absolute atomic E-state index is 11.8. The molecule has 0 aromatic carbocycles. The number of aliphatic hydroxyl groups is 2. The third-order valence-corrected chi connectivity index (χ3v) is 7.62. The van der Waals surface area contributed by atoms with Crippen molar-refractivity contribution in [1.82, 2.24) is 19.5 Å². The van der Waals surface area contributed by atoms with E-state index < -0.39 is 54.6 Å². The second-order valence-corrected chi connectivity index (χ2v) is 10.4. The van der Waals surface area contributed by atoms with Crippen LogP contribution in [0.2, 0.25) is 0 Å². The zero-order chi connectivity index (χ0) is 23.2. The Hall–Kier alpha value is -0.828. The maximum Gasteiger partial charge on any atom is 0.490 e. The van der Waals surface area contributed by atoms with Crippen molar-refractivity contribution in [2.45, 2.75) is 24.5 Å². The molecule has 3 rings (SSSR count). The standard InChI is InChI=1S/C10H16N5O13P3.Cr/c11-8-5-9(13-2-12-8)15(3-14-5)10-7(17)6(16)4(26-10)1-25-30(21,22)28-31(23,24)27-29(18,19)20;/h2-4,6-7,10,16-17H,1H2,(H,21,22)(H,23,24)(H2,11,12,13)(H2,18,19,20);/t4-,6-,7-,10-;/m1./s1. The molecular formula is C10H16CrN5O13P3. The summed E-state index contributed by atoms with van der Waals surface area (Å²) in [6.07, 6.45) is -3.69. The van der Waals surface area contributed by atoms with Gasteiger partial charge in [-0.15, -0.1) is 0 Å². The summed E-state index contributed by atoms with van der Waals surface area (Å²) in [6.45, 7) is -0.956. The number of anilines is 1. The second-order valence-electron chi connectivity index (χ2n) is 6.02. The van der Waals surface area contributed by atoms with Gasteiger partial charge in [0.25, 0.3) is 0 Å². The van der Waals surface area contributed by atoms with E-state index in [1.807, 2.05) is 0 Å². The van der Waals surface area contributed by atoms with E-state index in [2.05, 4.69) is 28.1 Å². The van der Waals surface area contributed by atoms with E-state index >= 15 is 0 Å². The van der Waals surface area contributed by atoms with Crippen molar-refractivity contribution in [1.29, 1.82) is 0 Å². The molecule has 2 aromatic rings. The summed E-state index contributed by atoms with van der Waals surface area (Å²) in [5.74, 6) is 0.0426. The van der Waals surface area contributed by atoms with Crippen LogP contribution in [0.5, 0.6) is 0 Å². The van der Waals surface area contributed by atoms with E-state index in [-0.39, 0.29) is 34.3 Å². The van der Waals surface area contributed by atoms with Gasteiger partial charge in [0.05, 0.1) is 12.9 Å². The molecule has 8 N–H and O–H groups in total. The number of nitrogens with zero attached hydrogens (tertiary/aromatic N) is 4. The van der Waals surface area contributed by atoms with E-state index in [9.17, 15) is 28.8 Å². The third kappa shape index (κ3) is 6.39. The first-order valence-electron chi connectivity index (χ1n) is 7.92. The van der Waals surface area contributed by atoms with Crippen LogP contribution in [0.1, 0.15) is 6.23 Å². The zero-order valence-electron chi connectivity index (χ0n) is 15.3. The Morgan fingerprint density at radius 3 is 2.31 bits per heavy atom. The van der Waals surface area contributed by atoms with Crippen LogP contribution >= 0.6 is 23.5 Å². The van der Waals surface area contributed by atoms with Crippen LogP contribution in [0.25, 0.3) is 11.2 Å². The SMILES string of the molecule is Nc1ncnc2c1ncn2[C@@H]1O[C@H](COP(=O)(O)OP(=O)(O)OP(=O)(O)O)[C@@H](O)[C@H]1O.[Cr]. The number of fused-ring (bicyclic) bond motifs is 1. The Labute approximate surface area is 188 Å². The molecule has 22 heteroatoms. The minimum Gasteiger partial charge on any atom is -0.387 e. The number of hydrogen-bond acceptors (Lipinski definition) is 13. The number of aliphatic hydroxyl groups excluding tert-OH is 2. The summed E-state index contributed by atoms with van der Waals surface area (Å²) in [5, 5.41) is 20.4. The number of phosphoric acid groups is 3. The summed E-state index contributed by atoms with van der Waals surface area (Å²) in [6, 6.07) is 0. The van der Waals surface area contributed by atoms with E-state index in [1.54, 1.807) is 0 Å². The van der Waals surface area contributed by atoms with Crippen LogP contribution in [0.3, 0.4) is 0 Å². The number of aromatic nitrogens is 4. The molecule has 2 unspecified atom stereocenters. The van der Waals surface area contributed by atoms with Crippen LogP contribution in [0.15, 0.2) is 12.7 Å². The molecule has 0 spiro atoms. The molecule has 1 aliphatic heterocycles. The molecule has 0 bridgehead atoms. The number of phosphoric ester groups is 1. The average molecular weight is 559 g/mol. The molecule has 32 heavy (non-hydrogen) atoms.